The quantitative estimate of drug-likeness (QED) is 0.412. The van der Waals surface area contributed by atoms with E-state index < -0.39 is 17.5 Å². The third-order valence-corrected chi connectivity index (χ3v) is 6.95. The summed E-state index contributed by atoms with van der Waals surface area (Å²) in [5.41, 5.74) is 2.46. The molecule has 0 aromatic heterocycles. The first-order valence-electron chi connectivity index (χ1n) is 10.9. The van der Waals surface area contributed by atoms with E-state index >= 15 is 0 Å². The summed E-state index contributed by atoms with van der Waals surface area (Å²) in [5.74, 6) is -0.493. The van der Waals surface area contributed by atoms with Gasteiger partial charge in [0.2, 0.25) is 0 Å². The van der Waals surface area contributed by atoms with Crippen LogP contribution < -0.4 is 5.32 Å². The van der Waals surface area contributed by atoms with Crippen LogP contribution in [0.5, 0.6) is 0 Å². The van der Waals surface area contributed by atoms with Gasteiger partial charge in [-0.15, -0.1) is 0 Å². The fourth-order valence-electron chi connectivity index (χ4n) is 4.24. The minimum absolute atomic E-state index is 0.336. The highest BCUT2D eigenvalue weighted by atomic mass is 79.9. The van der Waals surface area contributed by atoms with E-state index in [1.54, 1.807) is 35.2 Å². The van der Waals surface area contributed by atoms with Gasteiger partial charge in [-0.05, 0) is 59.9 Å². The Bertz CT molecular complexity index is 1220. The van der Waals surface area contributed by atoms with Gasteiger partial charge in [0.1, 0.15) is 0 Å². The number of hydrogen-bond acceptors (Lipinski definition) is 3. The lowest BCUT2D eigenvalue weighted by Gasteiger charge is -2.38. The average Bonchev–Trinajstić information content (AvgIpc) is 2.84. The molecule has 0 saturated carbocycles. The second kappa shape index (κ2) is 10.1. The Morgan fingerprint density at radius 1 is 1.03 bits per heavy atom. The molecule has 0 spiro atoms. The molecule has 1 saturated heterocycles. The molecule has 3 aromatic carbocycles. The Hall–Kier alpha value is -2.93. The molecule has 0 aliphatic carbocycles. The van der Waals surface area contributed by atoms with Crippen molar-refractivity contribution in [2.45, 2.75) is 18.4 Å². The van der Waals surface area contributed by atoms with Crippen LogP contribution in [0.4, 0.5) is 4.79 Å². The second-order valence-electron chi connectivity index (χ2n) is 8.27. The van der Waals surface area contributed by atoms with Crippen LogP contribution in [0.2, 0.25) is 5.02 Å². The molecule has 2 N–H and O–H groups in total. The van der Waals surface area contributed by atoms with Gasteiger partial charge in [-0.2, -0.15) is 0 Å². The molecule has 0 unspecified atom stereocenters. The molecule has 1 aliphatic heterocycles. The van der Waals surface area contributed by atoms with Crippen LogP contribution in [-0.2, 0) is 5.60 Å². The van der Waals surface area contributed by atoms with E-state index in [0.717, 1.165) is 21.2 Å². The van der Waals surface area contributed by atoms with E-state index in [4.69, 9.17) is 11.6 Å². The SMILES string of the molecule is C=Cc1cccc(C(=O)NC(=O)N2CCC(O)(c3ccc(Br)cc3)CC2)c1-c1ccc(Cl)cc1. The highest BCUT2D eigenvalue weighted by molar-refractivity contribution is 9.10. The van der Waals surface area contributed by atoms with Crippen LogP contribution in [0.1, 0.15) is 34.3 Å². The topological polar surface area (TPSA) is 69.6 Å². The maximum Gasteiger partial charge on any atom is 0.324 e. The van der Waals surface area contributed by atoms with Gasteiger partial charge in [-0.3, -0.25) is 10.1 Å². The molecular weight excluding hydrogens is 516 g/mol. The lowest BCUT2D eigenvalue weighted by molar-refractivity contribution is -0.0166. The van der Waals surface area contributed by atoms with E-state index in [9.17, 15) is 14.7 Å². The van der Waals surface area contributed by atoms with Crippen molar-refractivity contribution in [2.24, 2.45) is 0 Å². The Morgan fingerprint density at radius 2 is 1.68 bits per heavy atom. The monoisotopic (exact) mass is 538 g/mol. The number of urea groups is 1. The minimum atomic E-state index is -0.998. The highest BCUT2D eigenvalue weighted by Crippen LogP contribution is 2.34. The number of nitrogens with zero attached hydrogens (tertiary/aromatic N) is 1. The summed E-state index contributed by atoms with van der Waals surface area (Å²) in [7, 11) is 0. The Labute approximate surface area is 212 Å². The van der Waals surface area contributed by atoms with Crippen molar-refractivity contribution >= 4 is 45.5 Å². The van der Waals surface area contributed by atoms with Crippen LogP contribution in [-0.4, -0.2) is 35.0 Å². The summed E-state index contributed by atoms with van der Waals surface area (Å²) >= 11 is 9.43. The number of halogens is 2. The number of imide groups is 1. The number of benzene rings is 3. The third kappa shape index (κ3) is 5.09. The highest BCUT2D eigenvalue weighted by Gasteiger charge is 2.36. The standard InChI is InChI=1S/C27H24BrClN2O3/c1-2-18-4-3-5-23(24(18)19-6-12-22(29)13-7-19)25(32)30-26(33)31-16-14-27(34,15-17-31)20-8-10-21(28)11-9-20/h2-13,34H,1,14-17H2,(H,30,32,33). The Morgan fingerprint density at radius 3 is 2.29 bits per heavy atom. The van der Waals surface area contributed by atoms with Gasteiger partial charge >= 0.3 is 6.03 Å². The first kappa shape index (κ1) is 24.2. The van der Waals surface area contributed by atoms with Crippen molar-refractivity contribution in [3.8, 4) is 11.1 Å². The molecule has 1 heterocycles. The number of carbonyl (C=O) groups is 2. The van der Waals surface area contributed by atoms with Crippen LogP contribution >= 0.6 is 27.5 Å². The van der Waals surface area contributed by atoms with Gasteiger partial charge in [-0.25, -0.2) is 4.79 Å². The first-order valence-corrected chi connectivity index (χ1v) is 12.1. The molecule has 0 bridgehead atoms. The van der Waals surface area contributed by atoms with E-state index in [0.29, 0.717) is 42.1 Å². The van der Waals surface area contributed by atoms with Crippen LogP contribution in [0, 0.1) is 0 Å². The molecule has 1 aliphatic rings. The van der Waals surface area contributed by atoms with Crippen molar-refractivity contribution < 1.29 is 14.7 Å². The number of rotatable bonds is 4. The largest absolute Gasteiger partial charge is 0.385 e. The Balaban J connectivity index is 1.48. The summed E-state index contributed by atoms with van der Waals surface area (Å²) in [6, 6.07) is 19.5. The zero-order chi connectivity index (χ0) is 24.3. The lowest BCUT2D eigenvalue weighted by Crippen LogP contribution is -2.50. The van der Waals surface area contributed by atoms with E-state index in [1.165, 1.54) is 0 Å². The predicted molar refractivity (Wildman–Crippen MR) is 139 cm³/mol. The summed E-state index contributed by atoms with van der Waals surface area (Å²) in [6.07, 6.45) is 2.45. The van der Waals surface area contributed by atoms with Gasteiger partial charge in [0, 0.05) is 33.7 Å². The molecular formula is C27H24BrClN2O3. The third-order valence-electron chi connectivity index (χ3n) is 6.17. The molecule has 5 nitrogen and oxygen atoms in total. The number of likely N-dealkylation sites (tertiary alicyclic amines) is 1. The molecule has 3 amide bonds. The second-order valence-corrected chi connectivity index (χ2v) is 9.62. The van der Waals surface area contributed by atoms with Crippen LogP contribution in [0.3, 0.4) is 0 Å². The van der Waals surface area contributed by atoms with E-state index in [2.05, 4.69) is 27.8 Å². The fraction of sp³-hybridized carbons (Fsp3) is 0.185. The molecule has 7 heteroatoms. The summed E-state index contributed by atoms with van der Waals surface area (Å²) < 4.78 is 0.939. The maximum absolute atomic E-state index is 13.1. The van der Waals surface area contributed by atoms with Gasteiger partial charge in [0.15, 0.2) is 0 Å². The summed E-state index contributed by atoms with van der Waals surface area (Å²) in [4.78, 5) is 27.6. The smallest absolute Gasteiger partial charge is 0.324 e. The maximum atomic E-state index is 13.1. The number of amides is 3. The summed E-state index contributed by atoms with van der Waals surface area (Å²) in [6.45, 7) is 4.53. The van der Waals surface area contributed by atoms with Crippen molar-refractivity contribution in [1.29, 1.82) is 0 Å². The zero-order valence-corrected chi connectivity index (χ0v) is 20.8. The van der Waals surface area contributed by atoms with Crippen molar-refractivity contribution in [3.63, 3.8) is 0 Å². The van der Waals surface area contributed by atoms with Crippen molar-refractivity contribution in [2.75, 3.05) is 13.1 Å². The fourth-order valence-corrected chi connectivity index (χ4v) is 4.63. The Kier molecular flexibility index (Phi) is 7.22. The molecule has 0 atom stereocenters. The number of carbonyl (C=O) groups excluding carboxylic acids is 2. The minimum Gasteiger partial charge on any atom is -0.385 e. The van der Waals surface area contributed by atoms with E-state index in [-0.39, 0.29) is 0 Å². The first-order chi connectivity index (χ1) is 16.3. The summed E-state index contributed by atoms with van der Waals surface area (Å²) in [5, 5.41) is 14.2. The zero-order valence-electron chi connectivity index (χ0n) is 18.4. The average molecular weight is 540 g/mol. The predicted octanol–water partition coefficient (Wildman–Crippen LogP) is 6.25. The molecule has 34 heavy (non-hydrogen) atoms. The number of nitrogens with one attached hydrogen (secondary N) is 1. The number of aliphatic hydroxyl groups is 1. The van der Waals surface area contributed by atoms with Crippen molar-refractivity contribution in [3.05, 3.63) is 99.5 Å². The number of piperidine rings is 1. The van der Waals surface area contributed by atoms with Crippen LogP contribution in [0.15, 0.2) is 77.8 Å². The molecule has 0 radical (unpaired) electrons. The van der Waals surface area contributed by atoms with Crippen LogP contribution in [0.25, 0.3) is 17.2 Å². The molecule has 4 rings (SSSR count). The normalized spacial score (nSPS) is 15.0. The van der Waals surface area contributed by atoms with Crippen molar-refractivity contribution in [1.82, 2.24) is 10.2 Å². The lowest BCUT2D eigenvalue weighted by atomic mass is 9.84. The van der Waals surface area contributed by atoms with Gasteiger partial charge in [-0.1, -0.05) is 76.6 Å². The van der Waals surface area contributed by atoms with E-state index in [1.807, 2.05) is 42.5 Å². The van der Waals surface area contributed by atoms with Gasteiger partial charge in [0.05, 0.1) is 5.60 Å². The van der Waals surface area contributed by atoms with Gasteiger partial charge in [0.25, 0.3) is 5.91 Å². The van der Waals surface area contributed by atoms with Gasteiger partial charge < -0.3 is 10.0 Å². The molecule has 174 valence electrons. The molecule has 3 aromatic rings. The number of hydrogen-bond donors (Lipinski definition) is 2. The molecule has 1 fully saturated rings.